The van der Waals surface area contributed by atoms with E-state index in [4.69, 9.17) is 0 Å². The van der Waals surface area contributed by atoms with Crippen LogP contribution >= 0.6 is 0 Å². The Balaban J connectivity index is 2.33. The summed E-state index contributed by atoms with van der Waals surface area (Å²) >= 11 is 0. The van der Waals surface area contributed by atoms with Gasteiger partial charge in [0.05, 0.1) is 0 Å². The molecule has 0 aromatic rings. The van der Waals surface area contributed by atoms with E-state index in [9.17, 15) is 4.79 Å². The van der Waals surface area contributed by atoms with Gasteiger partial charge in [0.15, 0.2) is 0 Å². The number of ketones is 1. The molecule has 0 N–H and O–H groups in total. The van der Waals surface area contributed by atoms with Crippen LogP contribution in [0.15, 0.2) is 12.2 Å². The average molecular weight is 150 g/mol. The minimum Gasteiger partial charge on any atom is -0.299 e. The fourth-order valence-corrected chi connectivity index (χ4v) is 2.59. The van der Waals surface area contributed by atoms with Crippen LogP contribution in [0.25, 0.3) is 0 Å². The second kappa shape index (κ2) is 2.20. The molecule has 2 aliphatic rings. The Morgan fingerprint density at radius 1 is 1.18 bits per heavy atom. The largest absolute Gasteiger partial charge is 0.299 e. The molecule has 1 unspecified atom stereocenters. The zero-order chi connectivity index (χ0) is 7.90. The van der Waals surface area contributed by atoms with Crippen LogP contribution in [0.2, 0.25) is 0 Å². The van der Waals surface area contributed by atoms with Gasteiger partial charge < -0.3 is 0 Å². The van der Waals surface area contributed by atoms with E-state index in [1.807, 2.05) is 0 Å². The molecule has 1 nitrogen and oxygen atoms in total. The maximum absolute atomic E-state index is 11.5. The van der Waals surface area contributed by atoms with E-state index in [-0.39, 0.29) is 5.41 Å². The number of carbonyl (C=O) groups excluding carboxylic acids is 1. The maximum atomic E-state index is 11.5. The van der Waals surface area contributed by atoms with E-state index in [1.165, 1.54) is 12.0 Å². The Morgan fingerprint density at radius 2 is 1.82 bits per heavy atom. The van der Waals surface area contributed by atoms with E-state index in [0.29, 0.717) is 5.78 Å². The van der Waals surface area contributed by atoms with Gasteiger partial charge in [-0.15, -0.1) is 0 Å². The summed E-state index contributed by atoms with van der Waals surface area (Å²) in [6, 6.07) is 0. The fraction of sp³-hybridized carbons (Fsp3) is 0.700. The van der Waals surface area contributed by atoms with Gasteiger partial charge in [0.2, 0.25) is 0 Å². The molecule has 1 spiro atoms. The minimum absolute atomic E-state index is 0.0278. The predicted molar refractivity (Wildman–Crippen MR) is 44.3 cm³/mol. The molecule has 1 atom stereocenters. The zero-order valence-corrected chi connectivity index (χ0v) is 6.86. The quantitative estimate of drug-likeness (QED) is 0.485. The van der Waals surface area contributed by atoms with Crippen LogP contribution in [-0.2, 0) is 4.79 Å². The van der Waals surface area contributed by atoms with Gasteiger partial charge in [-0.05, 0) is 32.1 Å². The van der Waals surface area contributed by atoms with Crippen molar-refractivity contribution in [2.75, 3.05) is 0 Å². The van der Waals surface area contributed by atoms with E-state index >= 15 is 0 Å². The normalized spacial score (nSPS) is 37.5. The third kappa shape index (κ3) is 0.800. The van der Waals surface area contributed by atoms with Crippen LogP contribution in [0, 0.1) is 5.41 Å². The molecule has 2 saturated carbocycles. The molecule has 0 radical (unpaired) electrons. The molecule has 0 bridgehead atoms. The Labute approximate surface area is 67.5 Å². The number of hydrogen-bond acceptors (Lipinski definition) is 1. The Kier molecular flexibility index (Phi) is 1.41. The highest BCUT2D eigenvalue weighted by molar-refractivity contribution is 5.90. The molecule has 2 fully saturated rings. The summed E-state index contributed by atoms with van der Waals surface area (Å²) in [7, 11) is 0. The van der Waals surface area contributed by atoms with E-state index < -0.39 is 0 Å². The summed E-state index contributed by atoms with van der Waals surface area (Å²) in [5.41, 5.74) is 1.19. The highest BCUT2D eigenvalue weighted by Gasteiger charge is 2.46. The van der Waals surface area contributed by atoms with Gasteiger partial charge in [0.1, 0.15) is 5.78 Å². The molecule has 0 heterocycles. The lowest BCUT2D eigenvalue weighted by molar-refractivity contribution is -0.123. The molecular weight excluding hydrogens is 136 g/mol. The van der Waals surface area contributed by atoms with Crippen molar-refractivity contribution in [1.82, 2.24) is 0 Å². The van der Waals surface area contributed by atoms with Crippen LogP contribution in [0.3, 0.4) is 0 Å². The lowest BCUT2D eigenvalue weighted by Gasteiger charge is -2.21. The molecular formula is C10H14O. The minimum atomic E-state index is -0.0278. The molecule has 11 heavy (non-hydrogen) atoms. The number of rotatable bonds is 0. The molecule has 1 heteroatoms. The molecule has 0 aromatic heterocycles. The van der Waals surface area contributed by atoms with Crippen molar-refractivity contribution in [2.45, 2.75) is 38.5 Å². The molecule has 2 rings (SSSR count). The zero-order valence-electron chi connectivity index (χ0n) is 6.86. The van der Waals surface area contributed by atoms with E-state index in [2.05, 4.69) is 6.58 Å². The molecule has 0 aromatic carbocycles. The van der Waals surface area contributed by atoms with Gasteiger partial charge in [-0.3, -0.25) is 4.79 Å². The van der Waals surface area contributed by atoms with Crippen LogP contribution in [0.5, 0.6) is 0 Å². The van der Waals surface area contributed by atoms with Crippen molar-refractivity contribution in [3.8, 4) is 0 Å². The van der Waals surface area contributed by atoms with Crippen LogP contribution < -0.4 is 0 Å². The van der Waals surface area contributed by atoms with Crippen molar-refractivity contribution >= 4 is 5.78 Å². The summed E-state index contributed by atoms with van der Waals surface area (Å²) in [6.45, 7) is 4.02. The second-order valence-electron chi connectivity index (χ2n) is 3.82. The average Bonchev–Trinajstić information content (AvgIpc) is 2.48. The summed E-state index contributed by atoms with van der Waals surface area (Å²) in [6.07, 6.45) is 6.35. The van der Waals surface area contributed by atoms with Gasteiger partial charge in [0.25, 0.3) is 0 Å². The van der Waals surface area contributed by atoms with Crippen LogP contribution in [-0.4, -0.2) is 5.78 Å². The van der Waals surface area contributed by atoms with Crippen molar-refractivity contribution in [3.63, 3.8) is 0 Å². The first kappa shape index (κ1) is 7.08. The van der Waals surface area contributed by atoms with Gasteiger partial charge in [0, 0.05) is 11.8 Å². The first-order valence-electron chi connectivity index (χ1n) is 4.47. The van der Waals surface area contributed by atoms with Crippen molar-refractivity contribution in [1.29, 1.82) is 0 Å². The molecule has 2 aliphatic carbocycles. The number of Topliss-reactive ketones (excluding diaryl/α,β-unsaturated/α-hetero) is 1. The van der Waals surface area contributed by atoms with E-state index in [0.717, 1.165) is 32.1 Å². The summed E-state index contributed by atoms with van der Waals surface area (Å²) in [5.74, 6) is 0.472. The highest BCUT2D eigenvalue weighted by atomic mass is 16.1. The third-order valence-electron chi connectivity index (χ3n) is 3.30. The third-order valence-corrected chi connectivity index (χ3v) is 3.30. The lowest BCUT2D eigenvalue weighted by Crippen LogP contribution is -2.22. The van der Waals surface area contributed by atoms with Crippen LogP contribution in [0.1, 0.15) is 38.5 Å². The predicted octanol–water partition coefficient (Wildman–Crippen LogP) is 2.47. The van der Waals surface area contributed by atoms with Gasteiger partial charge >= 0.3 is 0 Å². The summed E-state index contributed by atoms with van der Waals surface area (Å²) in [4.78, 5) is 11.5. The lowest BCUT2D eigenvalue weighted by atomic mass is 9.80. The fourth-order valence-electron chi connectivity index (χ4n) is 2.59. The Hall–Kier alpha value is -0.590. The monoisotopic (exact) mass is 150 g/mol. The maximum Gasteiger partial charge on any atom is 0.143 e. The molecule has 0 saturated heterocycles. The topological polar surface area (TPSA) is 17.1 Å². The SMILES string of the molecule is C=C1CCCC12CCCC2=O. The number of hydrogen-bond donors (Lipinski definition) is 0. The van der Waals surface area contributed by atoms with Gasteiger partial charge in [-0.25, -0.2) is 0 Å². The van der Waals surface area contributed by atoms with Crippen molar-refractivity contribution in [2.24, 2.45) is 5.41 Å². The van der Waals surface area contributed by atoms with E-state index in [1.54, 1.807) is 0 Å². The van der Waals surface area contributed by atoms with Crippen molar-refractivity contribution < 1.29 is 4.79 Å². The Bertz CT molecular complexity index is 191. The number of carbonyl (C=O) groups is 1. The first-order valence-corrected chi connectivity index (χ1v) is 4.47. The highest BCUT2D eigenvalue weighted by Crippen LogP contribution is 2.50. The van der Waals surface area contributed by atoms with Gasteiger partial charge in [-0.1, -0.05) is 12.2 Å². The number of allylic oxidation sites excluding steroid dienone is 1. The second-order valence-corrected chi connectivity index (χ2v) is 3.82. The smallest absolute Gasteiger partial charge is 0.143 e. The first-order chi connectivity index (χ1) is 5.26. The van der Waals surface area contributed by atoms with Crippen molar-refractivity contribution in [3.05, 3.63) is 12.2 Å². The van der Waals surface area contributed by atoms with Gasteiger partial charge in [-0.2, -0.15) is 0 Å². The molecule has 0 aliphatic heterocycles. The van der Waals surface area contributed by atoms with Crippen LogP contribution in [0.4, 0.5) is 0 Å². The summed E-state index contributed by atoms with van der Waals surface area (Å²) in [5, 5.41) is 0. The molecule has 0 amide bonds. The standard InChI is InChI=1S/C10H14O/c1-8-4-2-6-10(8)7-3-5-9(10)11/h1-7H2. The Morgan fingerprint density at radius 3 is 2.27 bits per heavy atom. The molecule has 60 valence electrons. The summed E-state index contributed by atoms with van der Waals surface area (Å²) < 4.78 is 0.